The fraction of sp³-hybridized carbons (Fsp3) is 0. The second-order valence-corrected chi connectivity index (χ2v) is 5.93. The summed E-state index contributed by atoms with van der Waals surface area (Å²) in [4.78, 5) is 13.0. The van der Waals surface area contributed by atoms with Crippen LogP contribution in [0.3, 0.4) is 0 Å². The number of amides is 1. The Balaban J connectivity index is 1.79. The van der Waals surface area contributed by atoms with Gasteiger partial charge in [-0.05, 0) is 46.2 Å². The molecular weight excluding hydrogens is 389 g/mol. The fourth-order valence-corrected chi connectivity index (χ4v) is 2.86. The largest absolute Gasteiger partial charge is 0.402 e. The van der Waals surface area contributed by atoms with Crippen molar-refractivity contribution in [2.45, 2.75) is 0 Å². The number of carbonyl (C=O) groups excluding carboxylic acids is 1. The number of nitrogens with zero attached hydrogens (tertiary/aromatic N) is 2. The SMILES string of the molecule is O=C(Nc1nnc(-c2cccs2)o1)c1ccccc1I. The van der Waals surface area contributed by atoms with E-state index in [1.807, 2.05) is 35.7 Å². The van der Waals surface area contributed by atoms with Crippen LogP contribution in [0.25, 0.3) is 10.8 Å². The molecule has 2 aromatic heterocycles. The molecule has 2 heterocycles. The first kappa shape index (κ1) is 13.3. The number of aromatic nitrogens is 2. The maximum absolute atomic E-state index is 12.1. The Morgan fingerprint density at radius 3 is 2.80 bits per heavy atom. The van der Waals surface area contributed by atoms with Crippen LogP contribution in [0.5, 0.6) is 0 Å². The second-order valence-electron chi connectivity index (χ2n) is 3.82. The lowest BCUT2D eigenvalue weighted by Gasteiger charge is -2.02. The molecule has 0 saturated heterocycles. The van der Waals surface area contributed by atoms with Crippen molar-refractivity contribution in [1.82, 2.24) is 10.2 Å². The number of anilines is 1. The molecule has 1 aromatic carbocycles. The number of carbonyl (C=O) groups is 1. The van der Waals surface area contributed by atoms with Gasteiger partial charge in [0, 0.05) is 3.57 Å². The standard InChI is InChI=1S/C13H8IN3O2S/c14-9-5-2-1-4-8(9)11(18)15-13-17-16-12(19-13)10-6-3-7-20-10/h1-7H,(H,15,17,18). The van der Waals surface area contributed by atoms with Gasteiger partial charge < -0.3 is 4.42 Å². The maximum atomic E-state index is 12.1. The molecule has 100 valence electrons. The molecule has 0 bridgehead atoms. The van der Waals surface area contributed by atoms with Gasteiger partial charge in [-0.1, -0.05) is 23.3 Å². The van der Waals surface area contributed by atoms with E-state index in [1.54, 1.807) is 6.07 Å². The van der Waals surface area contributed by atoms with Gasteiger partial charge in [0.15, 0.2) is 0 Å². The lowest BCUT2D eigenvalue weighted by atomic mass is 10.2. The molecule has 1 amide bonds. The zero-order valence-corrected chi connectivity index (χ0v) is 13.0. The summed E-state index contributed by atoms with van der Waals surface area (Å²) >= 11 is 3.60. The van der Waals surface area contributed by atoms with Gasteiger partial charge in [-0.15, -0.1) is 16.4 Å². The van der Waals surface area contributed by atoms with E-state index in [0.717, 1.165) is 8.45 Å². The number of thiophene rings is 1. The molecule has 7 heteroatoms. The number of benzene rings is 1. The predicted octanol–water partition coefficient (Wildman–Crippen LogP) is 3.66. The Kier molecular flexibility index (Phi) is 3.79. The smallest absolute Gasteiger partial charge is 0.322 e. The third-order valence-electron chi connectivity index (χ3n) is 2.50. The Hall–Kier alpha value is -1.74. The molecule has 0 aliphatic heterocycles. The van der Waals surface area contributed by atoms with Crippen molar-refractivity contribution in [2.75, 3.05) is 5.32 Å². The van der Waals surface area contributed by atoms with E-state index < -0.39 is 0 Å². The Morgan fingerprint density at radius 1 is 1.20 bits per heavy atom. The average molecular weight is 397 g/mol. The van der Waals surface area contributed by atoms with Gasteiger partial charge in [-0.25, -0.2) is 0 Å². The number of nitrogens with one attached hydrogen (secondary N) is 1. The minimum absolute atomic E-state index is 0.0954. The van der Waals surface area contributed by atoms with Crippen molar-refractivity contribution >= 4 is 45.8 Å². The van der Waals surface area contributed by atoms with Crippen LogP contribution >= 0.6 is 33.9 Å². The lowest BCUT2D eigenvalue weighted by molar-refractivity contribution is 0.102. The van der Waals surface area contributed by atoms with E-state index >= 15 is 0 Å². The van der Waals surface area contributed by atoms with Gasteiger partial charge in [-0.2, -0.15) is 0 Å². The minimum atomic E-state index is -0.267. The van der Waals surface area contributed by atoms with E-state index in [-0.39, 0.29) is 11.9 Å². The number of halogens is 1. The predicted molar refractivity (Wildman–Crippen MR) is 84.7 cm³/mol. The van der Waals surface area contributed by atoms with Gasteiger partial charge in [0.05, 0.1) is 10.4 Å². The number of rotatable bonds is 3. The monoisotopic (exact) mass is 397 g/mol. The minimum Gasteiger partial charge on any atom is -0.402 e. The molecule has 0 fully saturated rings. The maximum Gasteiger partial charge on any atom is 0.322 e. The first-order chi connectivity index (χ1) is 9.74. The summed E-state index contributed by atoms with van der Waals surface area (Å²) in [7, 11) is 0. The van der Waals surface area contributed by atoms with E-state index in [2.05, 4.69) is 38.1 Å². The van der Waals surface area contributed by atoms with Gasteiger partial charge in [-0.3, -0.25) is 10.1 Å². The van der Waals surface area contributed by atoms with Crippen LogP contribution in [-0.2, 0) is 0 Å². The lowest BCUT2D eigenvalue weighted by Crippen LogP contribution is -2.13. The number of hydrogen-bond acceptors (Lipinski definition) is 5. The first-order valence-electron chi connectivity index (χ1n) is 5.67. The molecule has 0 unspecified atom stereocenters. The van der Waals surface area contributed by atoms with Crippen LogP contribution in [0.4, 0.5) is 6.01 Å². The second kappa shape index (κ2) is 5.71. The molecule has 0 aliphatic carbocycles. The summed E-state index contributed by atoms with van der Waals surface area (Å²) in [5.74, 6) is 0.134. The van der Waals surface area contributed by atoms with Crippen LogP contribution in [0, 0.1) is 3.57 Å². The summed E-state index contributed by atoms with van der Waals surface area (Å²) < 4.78 is 6.28. The van der Waals surface area contributed by atoms with Crippen molar-refractivity contribution in [1.29, 1.82) is 0 Å². The Bertz CT molecular complexity index is 740. The highest BCUT2D eigenvalue weighted by atomic mass is 127. The topological polar surface area (TPSA) is 68.0 Å². The summed E-state index contributed by atoms with van der Waals surface area (Å²) in [5, 5.41) is 12.3. The Labute approximate surface area is 132 Å². The first-order valence-corrected chi connectivity index (χ1v) is 7.63. The van der Waals surface area contributed by atoms with Gasteiger partial charge in [0.25, 0.3) is 11.8 Å². The van der Waals surface area contributed by atoms with E-state index in [0.29, 0.717) is 11.5 Å². The van der Waals surface area contributed by atoms with Crippen LogP contribution in [0.2, 0.25) is 0 Å². The molecule has 0 aliphatic rings. The van der Waals surface area contributed by atoms with Gasteiger partial charge in [0.2, 0.25) is 0 Å². The molecule has 0 atom stereocenters. The van der Waals surface area contributed by atoms with Crippen LogP contribution in [-0.4, -0.2) is 16.1 Å². The van der Waals surface area contributed by atoms with E-state index in [9.17, 15) is 4.79 Å². The van der Waals surface area contributed by atoms with Crippen LogP contribution in [0.15, 0.2) is 46.2 Å². The highest BCUT2D eigenvalue weighted by Gasteiger charge is 2.14. The van der Waals surface area contributed by atoms with Gasteiger partial charge >= 0.3 is 6.01 Å². The normalized spacial score (nSPS) is 10.4. The highest BCUT2D eigenvalue weighted by molar-refractivity contribution is 14.1. The molecular formula is C13H8IN3O2S. The van der Waals surface area contributed by atoms with Crippen LogP contribution in [0.1, 0.15) is 10.4 Å². The van der Waals surface area contributed by atoms with Crippen molar-refractivity contribution in [3.05, 3.63) is 50.9 Å². The third kappa shape index (κ3) is 2.73. The van der Waals surface area contributed by atoms with Crippen molar-refractivity contribution in [3.8, 4) is 10.8 Å². The molecule has 0 spiro atoms. The van der Waals surface area contributed by atoms with Crippen LogP contribution < -0.4 is 5.32 Å². The zero-order chi connectivity index (χ0) is 13.9. The molecule has 0 saturated carbocycles. The van der Waals surface area contributed by atoms with E-state index in [1.165, 1.54) is 11.3 Å². The highest BCUT2D eigenvalue weighted by Crippen LogP contribution is 2.24. The number of hydrogen-bond donors (Lipinski definition) is 1. The molecule has 3 aromatic rings. The molecule has 1 N–H and O–H groups in total. The summed E-state index contributed by atoms with van der Waals surface area (Å²) in [5.41, 5.74) is 0.573. The van der Waals surface area contributed by atoms with Crippen molar-refractivity contribution in [2.24, 2.45) is 0 Å². The van der Waals surface area contributed by atoms with E-state index in [4.69, 9.17) is 4.42 Å². The zero-order valence-electron chi connectivity index (χ0n) is 10.0. The molecule has 20 heavy (non-hydrogen) atoms. The third-order valence-corrected chi connectivity index (χ3v) is 4.29. The fourth-order valence-electron chi connectivity index (χ4n) is 1.58. The molecule has 0 radical (unpaired) electrons. The average Bonchev–Trinajstić information content (AvgIpc) is 3.09. The molecule has 5 nitrogen and oxygen atoms in total. The summed E-state index contributed by atoms with van der Waals surface area (Å²) in [6.07, 6.45) is 0. The van der Waals surface area contributed by atoms with Gasteiger partial charge in [0.1, 0.15) is 0 Å². The Morgan fingerprint density at radius 2 is 2.05 bits per heavy atom. The van der Waals surface area contributed by atoms with Crippen molar-refractivity contribution in [3.63, 3.8) is 0 Å². The summed E-state index contributed by atoms with van der Waals surface area (Å²) in [6.45, 7) is 0. The summed E-state index contributed by atoms with van der Waals surface area (Å²) in [6, 6.07) is 11.2. The van der Waals surface area contributed by atoms with Crippen molar-refractivity contribution < 1.29 is 9.21 Å². The molecule has 3 rings (SSSR count). The quantitative estimate of drug-likeness (QED) is 0.686.